The molecule has 4 heterocycles. The summed E-state index contributed by atoms with van der Waals surface area (Å²) in [6.45, 7) is 5.62. The van der Waals surface area contributed by atoms with Crippen molar-refractivity contribution < 1.29 is 18.7 Å². The predicted octanol–water partition coefficient (Wildman–Crippen LogP) is 2.75. The van der Waals surface area contributed by atoms with Crippen LogP contribution in [0.25, 0.3) is 5.69 Å². The normalized spacial score (nSPS) is 16.0. The SMILES string of the molecule is CN1CCN(C2CCN(C(=O)Nc3cc(Oc4ccc(NC(=O)c5cn(C)c(=O)n(-c6ccc(F)cc6)c5=O)cc4)ncn3)CC2)CC1. The van der Waals surface area contributed by atoms with Gasteiger partial charge in [-0.05, 0) is 68.4 Å². The lowest BCUT2D eigenvalue weighted by atomic mass is 10.0. The molecule has 2 saturated heterocycles. The number of amides is 3. The van der Waals surface area contributed by atoms with Gasteiger partial charge >= 0.3 is 11.7 Å². The van der Waals surface area contributed by atoms with E-state index in [-0.39, 0.29) is 23.2 Å². The fraction of sp³-hybridized carbons (Fsp3) is 0.333. The summed E-state index contributed by atoms with van der Waals surface area (Å²) in [4.78, 5) is 66.8. The van der Waals surface area contributed by atoms with Crippen molar-refractivity contribution in [1.82, 2.24) is 33.8 Å². The van der Waals surface area contributed by atoms with Crippen molar-refractivity contribution in [2.75, 3.05) is 56.9 Å². The highest BCUT2D eigenvalue weighted by atomic mass is 19.1. The highest BCUT2D eigenvalue weighted by Gasteiger charge is 2.28. The molecule has 2 fully saturated rings. The third kappa shape index (κ3) is 7.42. The number of nitrogens with one attached hydrogen (secondary N) is 2. The molecule has 48 heavy (non-hydrogen) atoms. The molecule has 0 spiro atoms. The maximum atomic E-state index is 13.4. The van der Waals surface area contributed by atoms with Crippen molar-refractivity contribution in [3.05, 3.63) is 99.3 Å². The molecule has 2 N–H and O–H groups in total. The summed E-state index contributed by atoms with van der Waals surface area (Å²) in [5, 5.41) is 5.48. The van der Waals surface area contributed by atoms with Crippen LogP contribution >= 0.6 is 0 Å². The number of likely N-dealkylation sites (tertiary alicyclic amines) is 1. The van der Waals surface area contributed by atoms with Crippen LogP contribution in [0, 0.1) is 5.82 Å². The van der Waals surface area contributed by atoms with Crippen LogP contribution in [0.2, 0.25) is 0 Å². The minimum Gasteiger partial charge on any atom is -0.439 e. The lowest BCUT2D eigenvalue weighted by Gasteiger charge is -2.42. The van der Waals surface area contributed by atoms with Gasteiger partial charge in [-0.2, -0.15) is 0 Å². The molecule has 0 unspecified atom stereocenters. The van der Waals surface area contributed by atoms with Gasteiger partial charge in [-0.3, -0.25) is 19.8 Å². The number of aromatic nitrogens is 4. The average molecular weight is 658 g/mol. The number of urea groups is 1. The third-order valence-corrected chi connectivity index (χ3v) is 8.60. The molecule has 0 aliphatic carbocycles. The second kappa shape index (κ2) is 14.1. The maximum absolute atomic E-state index is 13.4. The predicted molar refractivity (Wildman–Crippen MR) is 176 cm³/mol. The van der Waals surface area contributed by atoms with Crippen molar-refractivity contribution in [1.29, 1.82) is 0 Å². The summed E-state index contributed by atoms with van der Waals surface area (Å²) in [5.41, 5.74) is -1.31. The molecule has 2 aliphatic rings. The molecule has 4 aromatic rings. The van der Waals surface area contributed by atoms with Crippen molar-refractivity contribution >= 4 is 23.4 Å². The van der Waals surface area contributed by atoms with Gasteiger partial charge in [0.05, 0.1) is 5.69 Å². The Kier molecular flexibility index (Phi) is 9.59. The zero-order valence-corrected chi connectivity index (χ0v) is 26.6. The number of carbonyl (C=O) groups excluding carboxylic acids is 2. The summed E-state index contributed by atoms with van der Waals surface area (Å²) in [7, 11) is 3.55. The van der Waals surface area contributed by atoms with E-state index in [1.54, 1.807) is 29.2 Å². The number of piperidine rings is 1. The monoisotopic (exact) mass is 657 g/mol. The van der Waals surface area contributed by atoms with E-state index in [2.05, 4.69) is 37.4 Å². The lowest BCUT2D eigenvalue weighted by molar-refractivity contribution is 0.0765. The van der Waals surface area contributed by atoms with Crippen LogP contribution in [-0.4, -0.2) is 98.1 Å². The molecule has 0 radical (unpaired) electrons. The quantitative estimate of drug-likeness (QED) is 0.306. The standard InChI is InChI=1S/C33H36FN9O5/c1-39-15-17-41(18-16-39)24-11-13-42(14-12-24)32(46)38-28-19-29(36-21-35-28)48-26-9-5-23(6-10-26)37-30(44)27-20-40(2)33(47)43(31(27)45)25-7-3-22(34)4-8-25/h3-10,19-21,24H,11-18H2,1-2H3,(H,37,44)(H,35,36,38,46). The minimum atomic E-state index is -0.844. The molecular weight excluding hydrogens is 621 g/mol. The average Bonchev–Trinajstić information content (AvgIpc) is 3.09. The number of benzene rings is 2. The highest BCUT2D eigenvalue weighted by Crippen LogP contribution is 2.24. The minimum absolute atomic E-state index is 0.131. The molecule has 0 saturated carbocycles. The maximum Gasteiger partial charge on any atom is 0.335 e. The highest BCUT2D eigenvalue weighted by molar-refractivity contribution is 6.03. The van der Waals surface area contributed by atoms with Gasteiger partial charge in [-0.1, -0.05) is 0 Å². The van der Waals surface area contributed by atoms with E-state index in [0.717, 1.165) is 66.5 Å². The van der Waals surface area contributed by atoms with Gasteiger partial charge in [0.2, 0.25) is 5.88 Å². The van der Waals surface area contributed by atoms with Crippen LogP contribution in [0.4, 0.5) is 20.7 Å². The Hall–Kier alpha value is -5.41. The molecule has 3 amide bonds. The molecule has 14 nitrogen and oxygen atoms in total. The van der Waals surface area contributed by atoms with Crippen LogP contribution < -0.4 is 26.6 Å². The Morgan fingerprint density at radius 3 is 2.25 bits per heavy atom. The summed E-state index contributed by atoms with van der Waals surface area (Å²) < 4.78 is 21.2. The van der Waals surface area contributed by atoms with E-state index in [9.17, 15) is 23.6 Å². The van der Waals surface area contributed by atoms with E-state index in [1.807, 2.05) is 0 Å². The topological polar surface area (TPSA) is 147 Å². The second-order valence-corrected chi connectivity index (χ2v) is 11.9. The number of halogens is 1. The van der Waals surface area contributed by atoms with Crippen molar-refractivity contribution in [3.8, 4) is 17.3 Å². The van der Waals surface area contributed by atoms with E-state index in [4.69, 9.17) is 4.74 Å². The molecule has 2 aliphatic heterocycles. The molecule has 0 bridgehead atoms. The van der Waals surface area contributed by atoms with Gasteiger partial charge in [0.25, 0.3) is 11.5 Å². The number of piperazine rings is 1. The lowest BCUT2D eigenvalue weighted by Crippen LogP contribution is -2.53. The van der Waals surface area contributed by atoms with E-state index in [0.29, 0.717) is 36.4 Å². The van der Waals surface area contributed by atoms with Crippen LogP contribution in [0.5, 0.6) is 11.6 Å². The Morgan fingerprint density at radius 2 is 1.56 bits per heavy atom. The number of rotatable bonds is 7. The number of aryl methyl sites for hydroxylation is 1. The van der Waals surface area contributed by atoms with E-state index < -0.39 is 23.0 Å². The summed E-state index contributed by atoms with van der Waals surface area (Å²) in [6, 6.07) is 12.9. The second-order valence-electron chi connectivity index (χ2n) is 11.9. The molecule has 2 aromatic carbocycles. The number of likely N-dealkylation sites (N-methyl/N-ethyl adjacent to an activating group) is 1. The summed E-state index contributed by atoms with van der Waals surface area (Å²) in [5.74, 6) is -0.355. The fourth-order valence-corrected chi connectivity index (χ4v) is 5.84. The van der Waals surface area contributed by atoms with Gasteiger partial charge in [0.15, 0.2) is 0 Å². The molecular formula is C33H36FN9O5. The summed E-state index contributed by atoms with van der Waals surface area (Å²) >= 11 is 0. The van der Waals surface area contributed by atoms with Crippen LogP contribution in [0.3, 0.4) is 0 Å². The number of anilines is 2. The fourth-order valence-electron chi connectivity index (χ4n) is 5.84. The van der Waals surface area contributed by atoms with Gasteiger partial charge < -0.3 is 24.4 Å². The summed E-state index contributed by atoms with van der Waals surface area (Å²) in [6.07, 6.45) is 4.32. The molecule has 15 heteroatoms. The van der Waals surface area contributed by atoms with E-state index >= 15 is 0 Å². The Balaban J connectivity index is 1.05. The number of carbonyl (C=O) groups is 2. The van der Waals surface area contributed by atoms with Crippen LogP contribution in [0.15, 0.2) is 76.7 Å². The number of hydrogen-bond acceptors (Lipinski definition) is 9. The first-order chi connectivity index (χ1) is 23.1. The largest absolute Gasteiger partial charge is 0.439 e. The van der Waals surface area contributed by atoms with Gasteiger partial charge in [0, 0.05) is 70.3 Å². The Bertz CT molecular complexity index is 1900. The van der Waals surface area contributed by atoms with Crippen LogP contribution in [0.1, 0.15) is 23.2 Å². The molecule has 6 rings (SSSR count). The zero-order valence-electron chi connectivity index (χ0n) is 26.6. The van der Waals surface area contributed by atoms with Crippen LogP contribution in [-0.2, 0) is 7.05 Å². The number of ether oxygens (including phenoxy) is 1. The van der Waals surface area contributed by atoms with Crippen molar-refractivity contribution in [3.63, 3.8) is 0 Å². The zero-order chi connectivity index (χ0) is 33.8. The number of nitrogens with zero attached hydrogens (tertiary/aromatic N) is 7. The first-order valence-electron chi connectivity index (χ1n) is 15.6. The smallest absolute Gasteiger partial charge is 0.335 e. The van der Waals surface area contributed by atoms with Gasteiger partial charge in [0.1, 0.15) is 29.3 Å². The third-order valence-electron chi connectivity index (χ3n) is 8.60. The van der Waals surface area contributed by atoms with Crippen molar-refractivity contribution in [2.24, 2.45) is 7.05 Å². The number of hydrogen-bond donors (Lipinski definition) is 2. The van der Waals surface area contributed by atoms with Gasteiger partial charge in [-0.25, -0.2) is 28.5 Å². The Labute approximate surface area is 275 Å². The molecule has 2 aromatic heterocycles. The Morgan fingerprint density at radius 1 is 0.875 bits per heavy atom. The van der Waals surface area contributed by atoms with E-state index in [1.165, 1.54) is 31.6 Å². The van der Waals surface area contributed by atoms with Gasteiger partial charge in [-0.15, -0.1) is 0 Å². The molecule has 0 atom stereocenters. The van der Waals surface area contributed by atoms with Crippen molar-refractivity contribution in [2.45, 2.75) is 18.9 Å². The first kappa shape index (κ1) is 32.5. The first-order valence-corrected chi connectivity index (χ1v) is 15.6. The molecule has 250 valence electrons.